The Hall–Kier alpha value is -2.63. The van der Waals surface area contributed by atoms with Gasteiger partial charge in [0.2, 0.25) is 10.0 Å². The van der Waals surface area contributed by atoms with Crippen molar-refractivity contribution < 1.29 is 27.4 Å². The van der Waals surface area contributed by atoms with E-state index in [-0.39, 0.29) is 11.3 Å². The number of sulfonamides is 1. The highest BCUT2D eigenvalue weighted by Crippen LogP contribution is 2.50. The molecule has 9 nitrogen and oxygen atoms in total. The molecule has 2 bridgehead atoms. The minimum atomic E-state index is -3.94. The van der Waals surface area contributed by atoms with Crippen molar-refractivity contribution >= 4 is 33.2 Å². The van der Waals surface area contributed by atoms with E-state index in [4.69, 9.17) is 25.8 Å². The van der Waals surface area contributed by atoms with Gasteiger partial charge in [0, 0.05) is 48.7 Å². The van der Waals surface area contributed by atoms with Gasteiger partial charge in [0.15, 0.2) is 0 Å². The lowest BCUT2D eigenvalue weighted by Crippen LogP contribution is -2.53. The van der Waals surface area contributed by atoms with Gasteiger partial charge in [0.1, 0.15) is 5.75 Å². The van der Waals surface area contributed by atoms with E-state index in [1.165, 1.54) is 11.1 Å². The molecule has 0 unspecified atom stereocenters. The molecule has 2 fully saturated rings. The summed E-state index contributed by atoms with van der Waals surface area (Å²) in [5, 5.41) is -0.0213. The van der Waals surface area contributed by atoms with Gasteiger partial charge in [0.05, 0.1) is 43.0 Å². The summed E-state index contributed by atoms with van der Waals surface area (Å²) in [6, 6.07) is 11.6. The summed E-state index contributed by atoms with van der Waals surface area (Å²) in [5.41, 5.74) is 2.98. The Balaban J connectivity index is 1.27. The quantitative estimate of drug-likeness (QED) is 0.353. The molecule has 0 aromatic heterocycles. The molecule has 6 atom stereocenters. The Morgan fingerprint density at radius 1 is 1.10 bits per heavy atom. The van der Waals surface area contributed by atoms with Crippen molar-refractivity contribution in [2.45, 2.75) is 82.0 Å². The molecule has 278 valence electrons. The van der Waals surface area contributed by atoms with E-state index in [0.29, 0.717) is 37.0 Å². The summed E-state index contributed by atoms with van der Waals surface area (Å²) in [4.78, 5) is 18.4. The van der Waals surface area contributed by atoms with E-state index in [1.807, 2.05) is 25.1 Å². The fraction of sp³-hybridized carbons (Fsp3) is 0.625. The average Bonchev–Trinajstić information content (AvgIpc) is 3.26. The minimum Gasteiger partial charge on any atom is -0.490 e. The molecular weight excluding hydrogens is 686 g/mol. The van der Waals surface area contributed by atoms with Gasteiger partial charge < -0.3 is 19.1 Å². The Morgan fingerprint density at radius 3 is 2.69 bits per heavy atom. The van der Waals surface area contributed by atoms with Crippen molar-refractivity contribution in [1.29, 1.82) is 0 Å². The van der Waals surface area contributed by atoms with Crippen LogP contribution >= 0.6 is 11.6 Å². The molecule has 5 aliphatic rings. The van der Waals surface area contributed by atoms with Crippen LogP contribution in [0.2, 0.25) is 5.02 Å². The maximum absolute atomic E-state index is 13.6. The monoisotopic (exact) mass is 739 g/mol. The third-order valence-electron chi connectivity index (χ3n) is 12.7. The van der Waals surface area contributed by atoms with Crippen molar-refractivity contribution in [3.63, 3.8) is 0 Å². The second kappa shape index (κ2) is 15.0. The normalized spacial score (nSPS) is 33.2. The molecule has 1 amide bonds. The molecule has 11 heteroatoms. The molecule has 3 heterocycles. The van der Waals surface area contributed by atoms with Gasteiger partial charge in [-0.2, -0.15) is 0 Å². The van der Waals surface area contributed by atoms with Crippen LogP contribution in [0.15, 0.2) is 48.6 Å². The smallest absolute Gasteiger partial charge is 0.264 e. The number of anilines is 1. The Morgan fingerprint density at radius 2 is 1.92 bits per heavy atom. The first-order valence-electron chi connectivity index (χ1n) is 19.0. The number of carbonyl (C=O) groups excluding carboxylic acids is 1. The van der Waals surface area contributed by atoms with E-state index in [1.54, 1.807) is 13.0 Å². The third kappa shape index (κ3) is 7.45. The first-order chi connectivity index (χ1) is 24.5. The van der Waals surface area contributed by atoms with Crippen LogP contribution in [0.4, 0.5) is 5.69 Å². The number of halogens is 1. The molecule has 1 saturated heterocycles. The fourth-order valence-corrected chi connectivity index (χ4v) is 10.7. The molecule has 0 radical (unpaired) electrons. The number of allylic oxidation sites excluding steroid dienone is 1. The summed E-state index contributed by atoms with van der Waals surface area (Å²) in [5.74, 6) is 0.544. The van der Waals surface area contributed by atoms with Crippen LogP contribution in [-0.4, -0.2) is 89.2 Å². The van der Waals surface area contributed by atoms with Crippen molar-refractivity contribution in [3.05, 3.63) is 70.3 Å². The summed E-state index contributed by atoms with van der Waals surface area (Å²) < 4.78 is 48.8. The standard InChI is InChI=1S/C40H54ClN3O6S/c1-4-40(50-22-19-43-17-20-48-21-18-43)16-5-7-28(2)29(3)51(46,47)42-38(45)31-10-14-37-36(24-31)44(25-32-9-12-35(32)40)26-39(27-49-37)15-6-8-30-23-33(41)11-13-34(30)39/h5,10-11,13-14,16,23-24,28-29,32,35H,4,6-9,12,15,17-22,25-27H2,1-3H3,(H,42,45)/b16-5-/t28-,29+,32-,35+,39-,40-/m0/s1. The number of benzene rings is 2. The van der Waals surface area contributed by atoms with Gasteiger partial charge in [-0.15, -0.1) is 0 Å². The number of ether oxygens (including phenoxy) is 3. The number of amides is 1. The highest BCUT2D eigenvalue weighted by Gasteiger charge is 2.49. The van der Waals surface area contributed by atoms with Gasteiger partial charge in [0.25, 0.3) is 5.91 Å². The maximum atomic E-state index is 13.6. The van der Waals surface area contributed by atoms with Crippen molar-refractivity contribution in [2.24, 2.45) is 17.8 Å². The van der Waals surface area contributed by atoms with Crippen LogP contribution in [0.5, 0.6) is 5.75 Å². The van der Waals surface area contributed by atoms with Crippen LogP contribution in [-0.2, 0) is 31.3 Å². The van der Waals surface area contributed by atoms with E-state index >= 15 is 0 Å². The SMILES string of the molecule is CC[C@]1(OCCN2CCOCC2)/C=C\C[C@H](C)[C@@H](C)S(=O)(=O)NC(=O)c2ccc3c(c2)N(C[C@@H]2CC[C@H]21)C[C@@]1(CCCc2cc(Cl)ccc21)CO3. The predicted molar refractivity (Wildman–Crippen MR) is 201 cm³/mol. The van der Waals surface area contributed by atoms with Gasteiger partial charge in [-0.3, -0.25) is 9.69 Å². The number of carbonyl (C=O) groups is 1. The molecule has 51 heavy (non-hydrogen) atoms. The highest BCUT2D eigenvalue weighted by molar-refractivity contribution is 7.90. The topological polar surface area (TPSA) is 97.4 Å². The summed E-state index contributed by atoms with van der Waals surface area (Å²) in [7, 11) is -3.94. The van der Waals surface area contributed by atoms with Crippen molar-refractivity contribution in [1.82, 2.24) is 9.62 Å². The molecule has 1 N–H and O–H groups in total. The van der Waals surface area contributed by atoms with Crippen LogP contribution in [0.1, 0.15) is 80.8 Å². The van der Waals surface area contributed by atoms with Crippen molar-refractivity contribution in [2.75, 3.05) is 64.1 Å². The molecule has 2 aromatic rings. The Labute approximate surface area is 309 Å². The number of fused-ring (bicyclic) bond motifs is 4. The minimum absolute atomic E-state index is 0.208. The maximum Gasteiger partial charge on any atom is 0.264 e. The summed E-state index contributed by atoms with van der Waals surface area (Å²) >= 11 is 6.49. The Kier molecular flexibility index (Phi) is 10.8. The largest absolute Gasteiger partial charge is 0.490 e. The zero-order chi connectivity index (χ0) is 35.8. The highest BCUT2D eigenvalue weighted by atomic mass is 35.5. The molecule has 7 rings (SSSR count). The number of aryl methyl sites for hydroxylation is 1. The van der Waals surface area contributed by atoms with Crippen LogP contribution in [0.25, 0.3) is 0 Å². The number of hydrogen-bond acceptors (Lipinski definition) is 8. The number of hydrogen-bond donors (Lipinski definition) is 1. The van der Waals surface area contributed by atoms with E-state index in [0.717, 1.165) is 101 Å². The van der Waals surface area contributed by atoms with E-state index in [2.05, 4.69) is 45.7 Å². The zero-order valence-corrected chi connectivity index (χ0v) is 31.9. The molecule has 2 aromatic carbocycles. The lowest BCUT2D eigenvalue weighted by atomic mass is 9.63. The van der Waals surface area contributed by atoms with E-state index in [9.17, 15) is 13.2 Å². The molecule has 1 saturated carbocycles. The number of nitrogens with zero attached hydrogens (tertiary/aromatic N) is 2. The Bertz CT molecular complexity index is 1730. The van der Waals surface area contributed by atoms with E-state index < -0.39 is 26.8 Å². The second-order valence-corrected chi connectivity index (χ2v) is 18.1. The van der Waals surface area contributed by atoms with Crippen LogP contribution < -0.4 is 14.4 Å². The molecule has 2 aliphatic carbocycles. The zero-order valence-electron chi connectivity index (χ0n) is 30.4. The number of rotatable bonds is 5. The summed E-state index contributed by atoms with van der Waals surface area (Å²) in [6.07, 6.45) is 10.9. The van der Waals surface area contributed by atoms with Gasteiger partial charge in [-0.25, -0.2) is 13.1 Å². The lowest BCUT2D eigenvalue weighted by molar-refractivity contribution is -0.107. The average molecular weight is 740 g/mol. The second-order valence-electron chi connectivity index (χ2n) is 15.6. The van der Waals surface area contributed by atoms with Crippen LogP contribution in [0.3, 0.4) is 0 Å². The van der Waals surface area contributed by atoms with Gasteiger partial charge in [-0.05, 0) is 111 Å². The molecule has 1 spiro atoms. The number of morpholine rings is 1. The number of nitrogens with one attached hydrogen (secondary N) is 1. The predicted octanol–water partition coefficient (Wildman–Crippen LogP) is 6.38. The fourth-order valence-electron chi connectivity index (χ4n) is 9.18. The van der Waals surface area contributed by atoms with Crippen molar-refractivity contribution in [3.8, 4) is 5.75 Å². The summed E-state index contributed by atoms with van der Waals surface area (Å²) in [6.45, 7) is 12.7. The van der Waals surface area contributed by atoms with Gasteiger partial charge >= 0.3 is 0 Å². The third-order valence-corrected chi connectivity index (χ3v) is 14.8. The van der Waals surface area contributed by atoms with Gasteiger partial charge in [-0.1, -0.05) is 43.7 Å². The first-order valence-corrected chi connectivity index (χ1v) is 20.9. The molecular formula is C40H54ClN3O6S. The molecule has 3 aliphatic heterocycles. The first kappa shape index (κ1) is 36.7. The van der Waals surface area contributed by atoms with Crippen LogP contribution in [0, 0.1) is 17.8 Å². The lowest BCUT2D eigenvalue weighted by Gasteiger charge is -2.51.